The van der Waals surface area contributed by atoms with E-state index in [1.807, 2.05) is 6.92 Å². The van der Waals surface area contributed by atoms with Crippen LogP contribution in [-0.2, 0) is 19.1 Å². The summed E-state index contributed by atoms with van der Waals surface area (Å²) in [7, 11) is 0. The Bertz CT molecular complexity index is 1370. The Hall–Kier alpha value is -2.10. The van der Waals surface area contributed by atoms with Crippen LogP contribution in [0.2, 0.25) is 0 Å². The van der Waals surface area contributed by atoms with Gasteiger partial charge in [-0.05, 0) is 137 Å². The first-order chi connectivity index (χ1) is 22.5. The van der Waals surface area contributed by atoms with Gasteiger partial charge in [-0.1, -0.05) is 76.5 Å². The number of carbonyl (C=O) groups excluding carboxylic acids is 2. The molecule has 11 atom stereocenters. The van der Waals surface area contributed by atoms with Gasteiger partial charge in [0.1, 0.15) is 5.60 Å². The highest BCUT2D eigenvalue weighted by atomic mass is 16.6. The van der Waals surface area contributed by atoms with Gasteiger partial charge in [-0.15, -0.1) is 13.2 Å². The van der Waals surface area contributed by atoms with Crippen LogP contribution in [0.3, 0.4) is 0 Å². The molecular formula is C44H66O4. The lowest BCUT2D eigenvalue weighted by Crippen LogP contribution is -2.56. The van der Waals surface area contributed by atoms with Crippen LogP contribution in [-0.4, -0.2) is 24.1 Å². The van der Waals surface area contributed by atoms with Gasteiger partial charge >= 0.3 is 11.9 Å². The Balaban J connectivity index is 1.06. The second-order valence-electron chi connectivity index (χ2n) is 19.2. The molecular weight excluding hydrogens is 592 g/mol. The van der Waals surface area contributed by atoms with Crippen molar-refractivity contribution in [2.24, 2.45) is 56.7 Å². The number of hydrogen-bond donors (Lipinski definition) is 0. The molecule has 266 valence electrons. The number of carbonyl (C=O) groups is 2. The topological polar surface area (TPSA) is 52.6 Å². The van der Waals surface area contributed by atoms with E-state index in [-0.39, 0.29) is 58.5 Å². The van der Waals surface area contributed by atoms with Crippen molar-refractivity contribution in [2.75, 3.05) is 6.61 Å². The molecule has 0 aliphatic heterocycles. The van der Waals surface area contributed by atoms with Gasteiger partial charge in [-0.25, -0.2) is 0 Å². The second kappa shape index (κ2) is 12.6. The molecule has 0 amide bonds. The smallest absolute Gasteiger partial charge is 0.312 e. The minimum atomic E-state index is -0.496. The zero-order valence-corrected chi connectivity index (χ0v) is 31.6. The van der Waals surface area contributed by atoms with Crippen molar-refractivity contribution in [3.8, 4) is 0 Å². The molecule has 4 fully saturated rings. The average Bonchev–Trinajstić information content (AvgIpc) is 3.02. The number of ether oxygens (including phenoxy) is 2. The highest BCUT2D eigenvalue weighted by Crippen LogP contribution is 2.65. The van der Waals surface area contributed by atoms with Crippen LogP contribution in [0.5, 0.6) is 0 Å². The lowest BCUT2D eigenvalue weighted by molar-refractivity contribution is -0.186. The number of allylic oxidation sites excluding steroid dienone is 6. The van der Waals surface area contributed by atoms with E-state index in [9.17, 15) is 9.59 Å². The minimum Gasteiger partial charge on any atom is -0.465 e. The quantitative estimate of drug-likeness (QED) is 0.192. The summed E-state index contributed by atoms with van der Waals surface area (Å²) >= 11 is 0. The van der Waals surface area contributed by atoms with E-state index in [0.29, 0.717) is 17.8 Å². The largest absolute Gasteiger partial charge is 0.465 e. The first-order valence-corrected chi connectivity index (χ1v) is 19.6. The third kappa shape index (κ3) is 6.01. The number of rotatable bonds is 8. The number of esters is 2. The summed E-state index contributed by atoms with van der Waals surface area (Å²) < 4.78 is 12.6. The third-order valence-electron chi connectivity index (χ3n) is 15.7. The van der Waals surface area contributed by atoms with E-state index in [1.54, 1.807) is 11.1 Å². The van der Waals surface area contributed by atoms with Gasteiger partial charge in [0.2, 0.25) is 0 Å². The van der Waals surface area contributed by atoms with Crippen LogP contribution in [0.15, 0.2) is 48.6 Å². The molecule has 0 heterocycles. The van der Waals surface area contributed by atoms with Crippen molar-refractivity contribution in [1.29, 1.82) is 0 Å². The molecule has 0 saturated heterocycles. The summed E-state index contributed by atoms with van der Waals surface area (Å²) in [6.07, 6.45) is 24.8. The molecule has 0 bridgehead atoms. The van der Waals surface area contributed by atoms with Crippen LogP contribution < -0.4 is 0 Å². The van der Waals surface area contributed by atoms with Crippen LogP contribution >= 0.6 is 0 Å². The first-order valence-electron chi connectivity index (χ1n) is 19.6. The molecule has 6 rings (SSSR count). The fraction of sp³-hybridized carbons (Fsp3) is 0.773. The predicted molar refractivity (Wildman–Crippen MR) is 195 cm³/mol. The van der Waals surface area contributed by atoms with E-state index in [1.165, 1.54) is 38.5 Å². The average molecular weight is 659 g/mol. The molecule has 6 aliphatic rings. The molecule has 48 heavy (non-hydrogen) atoms. The van der Waals surface area contributed by atoms with Gasteiger partial charge in [-0.3, -0.25) is 9.59 Å². The maximum atomic E-state index is 14.0. The Morgan fingerprint density at radius 2 is 1.31 bits per heavy atom. The minimum absolute atomic E-state index is 0.0675. The maximum absolute atomic E-state index is 14.0. The normalized spacial score (nSPS) is 45.8. The van der Waals surface area contributed by atoms with Crippen LogP contribution in [0, 0.1) is 56.7 Å². The molecule has 0 aromatic heterocycles. The van der Waals surface area contributed by atoms with Gasteiger partial charge in [0.15, 0.2) is 0 Å². The van der Waals surface area contributed by atoms with Crippen molar-refractivity contribution in [2.45, 2.75) is 150 Å². The molecule has 0 radical (unpaired) electrons. The summed E-state index contributed by atoms with van der Waals surface area (Å²) in [6, 6.07) is 0. The van der Waals surface area contributed by atoms with E-state index < -0.39 is 11.0 Å². The molecule has 6 aliphatic carbocycles. The fourth-order valence-electron chi connectivity index (χ4n) is 12.6. The van der Waals surface area contributed by atoms with Crippen LogP contribution in [0.1, 0.15) is 145 Å². The molecule has 4 saturated carbocycles. The summed E-state index contributed by atoms with van der Waals surface area (Å²) in [5.41, 5.74) is 2.91. The van der Waals surface area contributed by atoms with Crippen molar-refractivity contribution in [1.82, 2.24) is 0 Å². The molecule has 0 N–H and O–H groups in total. The molecule has 0 spiro atoms. The Kier molecular flexibility index (Phi) is 9.37. The Labute approximate surface area is 292 Å². The summed E-state index contributed by atoms with van der Waals surface area (Å²) in [4.78, 5) is 27.5. The maximum Gasteiger partial charge on any atom is 0.312 e. The van der Waals surface area contributed by atoms with Crippen molar-refractivity contribution in [3.63, 3.8) is 0 Å². The predicted octanol–water partition coefficient (Wildman–Crippen LogP) is 11.1. The van der Waals surface area contributed by atoms with Gasteiger partial charge in [0.25, 0.3) is 0 Å². The van der Waals surface area contributed by atoms with E-state index in [2.05, 4.69) is 79.0 Å². The molecule has 4 heteroatoms. The van der Waals surface area contributed by atoms with Gasteiger partial charge in [-0.2, -0.15) is 0 Å². The summed E-state index contributed by atoms with van der Waals surface area (Å²) in [6.45, 7) is 24.6. The molecule has 11 unspecified atom stereocenters. The third-order valence-corrected chi connectivity index (χ3v) is 15.7. The van der Waals surface area contributed by atoms with Crippen LogP contribution in [0.4, 0.5) is 0 Å². The lowest BCUT2D eigenvalue weighted by atomic mass is 9.45. The standard InChI is InChI=1S/C44H66O4/c1-10-39(4)24-18-33-31(27-39)14-16-35-41(33,6)20-12-22-43(35,8)38(46)47-29-30(3)26-37(45)48-44(9)23-13-21-42(7)34-19-25-40(5,11-2)28-32(34)15-17-36(42)44/h10-11,14-15,30,33-36H,1-2,12-13,16-29H2,3-9H3. The van der Waals surface area contributed by atoms with E-state index in [4.69, 9.17) is 9.47 Å². The molecule has 0 aromatic carbocycles. The molecule has 0 aromatic rings. The zero-order valence-electron chi connectivity index (χ0n) is 31.6. The van der Waals surface area contributed by atoms with Crippen molar-refractivity contribution >= 4 is 11.9 Å². The van der Waals surface area contributed by atoms with Crippen molar-refractivity contribution in [3.05, 3.63) is 48.6 Å². The van der Waals surface area contributed by atoms with Gasteiger partial charge < -0.3 is 9.47 Å². The Morgan fingerprint density at radius 1 is 0.792 bits per heavy atom. The molecule has 4 nitrogen and oxygen atoms in total. The lowest BCUT2D eigenvalue weighted by Gasteiger charge is -2.59. The monoisotopic (exact) mass is 658 g/mol. The highest BCUT2D eigenvalue weighted by Gasteiger charge is 2.59. The van der Waals surface area contributed by atoms with E-state index >= 15 is 0 Å². The van der Waals surface area contributed by atoms with Gasteiger partial charge in [0, 0.05) is 11.8 Å². The number of fused-ring (bicyclic) bond motifs is 6. The van der Waals surface area contributed by atoms with E-state index in [0.717, 1.165) is 51.4 Å². The van der Waals surface area contributed by atoms with Crippen molar-refractivity contribution < 1.29 is 19.1 Å². The van der Waals surface area contributed by atoms with Crippen LogP contribution in [0.25, 0.3) is 0 Å². The zero-order chi connectivity index (χ0) is 34.8. The van der Waals surface area contributed by atoms with Gasteiger partial charge in [0.05, 0.1) is 18.4 Å². The summed E-state index contributed by atoms with van der Waals surface area (Å²) in [5.74, 6) is 1.44. The summed E-state index contributed by atoms with van der Waals surface area (Å²) in [5, 5.41) is 0. The number of hydrogen-bond acceptors (Lipinski definition) is 4. The Morgan fingerprint density at radius 3 is 1.88 bits per heavy atom. The SMILES string of the molecule is C=CC1(C)CCC2C(=CCC3C(C)(OC(=O)CC(C)COC(=O)C4(C)CCCC5(C)C6CCC(C)(C=C)CC6=CCC45)CCCC23C)C1. The second-order valence-corrected chi connectivity index (χ2v) is 19.2. The fourth-order valence-corrected chi connectivity index (χ4v) is 12.6. The first kappa shape index (κ1) is 35.7. The highest BCUT2D eigenvalue weighted by molar-refractivity contribution is 5.77.